The van der Waals surface area contributed by atoms with Crippen LogP contribution in [0.2, 0.25) is 0 Å². The average molecular weight is 1100 g/mol. The van der Waals surface area contributed by atoms with Gasteiger partial charge in [-0.1, -0.05) is 179 Å². The molecule has 440 valence electrons. The van der Waals surface area contributed by atoms with Crippen LogP contribution in [0.15, 0.2) is 48.5 Å². The summed E-state index contributed by atoms with van der Waals surface area (Å²) in [6, 6.07) is 17.4. The Hall–Kier alpha value is -5.51. The fraction of sp³-hybridized carbons (Fsp3) is 0.614. The quantitative estimate of drug-likeness (QED) is 0.0904. The van der Waals surface area contributed by atoms with Crippen molar-refractivity contribution >= 4 is 17.8 Å². The Labute approximate surface area is 484 Å². The van der Waals surface area contributed by atoms with Gasteiger partial charge in [-0.15, -0.1) is 0 Å². The van der Waals surface area contributed by atoms with Crippen LogP contribution >= 0.6 is 0 Å². The highest BCUT2D eigenvalue weighted by atomic mass is 16.3. The van der Waals surface area contributed by atoms with Crippen LogP contribution in [-0.4, -0.2) is 48.5 Å². The highest BCUT2D eigenvalue weighted by Crippen LogP contribution is 2.50. The van der Waals surface area contributed by atoms with Crippen molar-refractivity contribution < 1.29 is 20.4 Å². The predicted octanol–water partition coefficient (Wildman–Crippen LogP) is 17.3. The SMILES string of the molecule is CCCCN(CCCC)c1nc(N(Cc2cc(C(C)(C)C)c(O)c(C(C)(C)C)c2)Cc2cc(C(C)(C)C)c(O)c(C(C)(C)C)c2)nc(N2Cc3cc(C(C)(C)C)c(O)c(c3)C(C)(C)CC(C)(C)c3cc(cc(C(C)(C)C)c3O)C2)n1. The average Bonchev–Trinajstić information content (AvgIpc) is 3.30. The summed E-state index contributed by atoms with van der Waals surface area (Å²) in [7, 11) is 0. The lowest BCUT2D eigenvalue weighted by Gasteiger charge is -2.39. The van der Waals surface area contributed by atoms with E-state index in [0.29, 0.717) is 73.4 Å². The normalized spacial score (nSPS) is 15.4. The number of aromatic hydroxyl groups is 4. The van der Waals surface area contributed by atoms with Crippen molar-refractivity contribution in [3.8, 4) is 23.0 Å². The van der Waals surface area contributed by atoms with Crippen molar-refractivity contribution in [2.45, 2.75) is 268 Å². The molecule has 6 rings (SSSR count). The minimum Gasteiger partial charge on any atom is -0.507 e. The van der Waals surface area contributed by atoms with Gasteiger partial charge in [0.25, 0.3) is 0 Å². The molecular formula is C70H106N6O4. The molecule has 1 aromatic heterocycles. The number of rotatable bonds is 13. The van der Waals surface area contributed by atoms with Gasteiger partial charge in [0.05, 0.1) is 0 Å². The molecule has 1 aliphatic heterocycles. The van der Waals surface area contributed by atoms with Gasteiger partial charge in [0.15, 0.2) is 0 Å². The number of fused-ring (bicyclic) bond motifs is 4. The van der Waals surface area contributed by atoms with Gasteiger partial charge in [-0.2, -0.15) is 15.0 Å². The highest BCUT2D eigenvalue weighted by Gasteiger charge is 2.39. The fourth-order valence-corrected chi connectivity index (χ4v) is 12.0. The zero-order chi connectivity index (χ0) is 60.3. The Morgan fingerprint density at radius 3 is 1.02 bits per heavy atom. The van der Waals surface area contributed by atoms with Gasteiger partial charge in [0, 0.05) is 50.4 Å². The third-order valence-corrected chi connectivity index (χ3v) is 16.4. The molecule has 10 nitrogen and oxygen atoms in total. The van der Waals surface area contributed by atoms with E-state index in [0.717, 1.165) is 106 Å². The molecule has 10 heteroatoms. The molecule has 0 atom stereocenters. The second-order valence-electron chi connectivity index (χ2n) is 31.2. The number of unbranched alkanes of at least 4 members (excludes halogenated alkanes) is 2. The summed E-state index contributed by atoms with van der Waals surface area (Å²) in [5, 5.41) is 49.0. The zero-order valence-corrected chi connectivity index (χ0v) is 54.4. The van der Waals surface area contributed by atoms with Gasteiger partial charge in [0.2, 0.25) is 17.8 Å². The first-order chi connectivity index (χ1) is 36.5. The molecule has 0 aliphatic carbocycles. The van der Waals surface area contributed by atoms with E-state index in [1.165, 1.54) is 0 Å². The van der Waals surface area contributed by atoms with Crippen LogP contribution in [0, 0.1) is 0 Å². The van der Waals surface area contributed by atoms with Crippen molar-refractivity contribution in [3.63, 3.8) is 0 Å². The van der Waals surface area contributed by atoms with Gasteiger partial charge in [-0.3, -0.25) is 0 Å². The molecule has 4 N–H and O–H groups in total. The molecule has 0 saturated heterocycles. The third kappa shape index (κ3) is 14.4. The van der Waals surface area contributed by atoms with Crippen LogP contribution in [0.5, 0.6) is 23.0 Å². The number of hydrogen-bond acceptors (Lipinski definition) is 10. The molecule has 4 aromatic carbocycles. The maximum atomic E-state index is 12.4. The number of nitrogens with zero attached hydrogens (tertiary/aromatic N) is 6. The van der Waals surface area contributed by atoms with Crippen LogP contribution in [0.25, 0.3) is 0 Å². The van der Waals surface area contributed by atoms with Crippen molar-refractivity contribution in [2.24, 2.45) is 0 Å². The Balaban J connectivity index is 1.77. The van der Waals surface area contributed by atoms with Gasteiger partial charge in [-0.05, 0) is 167 Å². The smallest absolute Gasteiger partial charge is 0.232 e. The summed E-state index contributed by atoms with van der Waals surface area (Å²) in [6.07, 6.45) is 4.63. The van der Waals surface area contributed by atoms with Crippen molar-refractivity contribution in [3.05, 3.63) is 115 Å². The monoisotopic (exact) mass is 1090 g/mol. The summed E-state index contributed by atoms with van der Waals surface area (Å²) >= 11 is 0. The number of benzene rings is 4. The number of anilines is 3. The van der Waals surface area contributed by atoms with E-state index in [4.69, 9.17) is 15.0 Å². The van der Waals surface area contributed by atoms with Gasteiger partial charge >= 0.3 is 0 Å². The first kappa shape index (κ1) is 63.7. The molecule has 5 aromatic rings. The Kier molecular flexibility index (Phi) is 18.0. The molecule has 4 bridgehead atoms. The van der Waals surface area contributed by atoms with E-state index in [1.807, 2.05) is 0 Å². The number of aromatic nitrogens is 3. The zero-order valence-electron chi connectivity index (χ0n) is 54.4. The molecular weight excluding hydrogens is 989 g/mol. The molecule has 80 heavy (non-hydrogen) atoms. The van der Waals surface area contributed by atoms with Crippen LogP contribution in [-0.2, 0) is 69.5 Å². The Bertz CT molecular complexity index is 2770. The van der Waals surface area contributed by atoms with E-state index in [2.05, 4.69) is 229 Å². The van der Waals surface area contributed by atoms with Crippen LogP contribution in [0.4, 0.5) is 17.8 Å². The molecule has 2 heterocycles. The third-order valence-electron chi connectivity index (χ3n) is 16.4. The summed E-state index contributed by atoms with van der Waals surface area (Å²) in [5.74, 6) is 2.95. The van der Waals surface area contributed by atoms with Crippen molar-refractivity contribution in [1.29, 1.82) is 0 Å². The second-order valence-corrected chi connectivity index (χ2v) is 31.2. The van der Waals surface area contributed by atoms with E-state index in [-0.39, 0.29) is 32.5 Å². The van der Waals surface area contributed by atoms with Crippen molar-refractivity contribution in [1.82, 2.24) is 15.0 Å². The lowest BCUT2D eigenvalue weighted by atomic mass is 9.66. The van der Waals surface area contributed by atoms with E-state index in [9.17, 15) is 20.4 Å². The predicted molar refractivity (Wildman–Crippen MR) is 337 cm³/mol. The largest absolute Gasteiger partial charge is 0.507 e. The number of phenolic OH excluding ortho intramolecular Hbond substituents is 4. The molecule has 1 aliphatic rings. The molecule has 0 saturated carbocycles. The maximum absolute atomic E-state index is 12.4. The Morgan fingerprint density at radius 1 is 0.425 bits per heavy atom. The van der Waals surface area contributed by atoms with Gasteiger partial charge in [0.1, 0.15) is 23.0 Å². The van der Waals surface area contributed by atoms with Crippen molar-refractivity contribution in [2.75, 3.05) is 27.8 Å². The Morgan fingerprint density at radius 2 is 0.725 bits per heavy atom. The summed E-state index contributed by atoms with van der Waals surface area (Å²) in [4.78, 5) is 23.8. The molecule has 0 fully saturated rings. The molecule has 0 amide bonds. The molecule has 0 unspecified atom stereocenters. The van der Waals surface area contributed by atoms with Gasteiger partial charge < -0.3 is 35.1 Å². The van der Waals surface area contributed by atoms with Gasteiger partial charge in [-0.25, -0.2) is 0 Å². The topological polar surface area (TPSA) is 129 Å². The standard InChI is InChI=1S/C70H106N6O4/c1-25-27-29-74(30-28-26-2)60-71-61(75(39-44-31-48(63(3,4)5)56(77)49(32-44)64(6,7)8)40-45-33-50(65(9,10)11)57(78)51(34-45)66(12,13)14)73-62(72-60)76-41-46-35-52(67(15,16)17)58(79)54(37-46)69(21,22)43-70(23,24)55-38-47(42-76)36-53(59(55)80)68(18,19)20/h31-38,77-80H,25-30,39-43H2,1-24H3. The lowest BCUT2D eigenvalue weighted by molar-refractivity contribution is 0.322. The highest BCUT2D eigenvalue weighted by molar-refractivity contribution is 5.58. The number of hydrogen-bond donors (Lipinski definition) is 4. The fourth-order valence-electron chi connectivity index (χ4n) is 12.0. The second kappa shape index (κ2) is 22.7. The minimum atomic E-state index is -0.507. The molecule has 0 radical (unpaired) electrons. The van der Waals surface area contributed by atoms with E-state index < -0.39 is 10.8 Å². The van der Waals surface area contributed by atoms with Crippen LogP contribution in [0.3, 0.4) is 0 Å². The summed E-state index contributed by atoms with van der Waals surface area (Å²) < 4.78 is 0. The van der Waals surface area contributed by atoms with Crippen LogP contribution in [0.1, 0.15) is 265 Å². The first-order valence-corrected chi connectivity index (χ1v) is 30.0. The minimum absolute atomic E-state index is 0.318. The first-order valence-electron chi connectivity index (χ1n) is 30.0. The lowest BCUT2D eigenvalue weighted by Crippen LogP contribution is -2.34. The van der Waals surface area contributed by atoms with E-state index >= 15 is 0 Å². The summed E-state index contributed by atoms with van der Waals surface area (Å²) in [6.45, 7) is 55.4. The maximum Gasteiger partial charge on any atom is 0.232 e. The summed E-state index contributed by atoms with van der Waals surface area (Å²) in [5.41, 5.74) is 8.00. The van der Waals surface area contributed by atoms with E-state index in [1.54, 1.807) is 0 Å². The van der Waals surface area contributed by atoms with Crippen LogP contribution < -0.4 is 14.7 Å². The number of phenols is 4. The molecule has 0 spiro atoms.